The molecule has 0 fully saturated rings. The molecule has 0 atom stereocenters. The average Bonchev–Trinajstić information content (AvgIpc) is 1.99. The molecule has 1 rings (SSSR count). The second-order valence-electron chi connectivity index (χ2n) is 2.47. The molecular formula is C8H6F2O3. The molecule has 0 spiro atoms. The number of benzene rings is 1. The van der Waals surface area contributed by atoms with E-state index < -0.39 is 29.8 Å². The molecule has 0 aromatic heterocycles. The molecule has 13 heavy (non-hydrogen) atoms. The van der Waals surface area contributed by atoms with Crippen LogP contribution in [0.2, 0.25) is 0 Å². The van der Waals surface area contributed by atoms with Crippen LogP contribution < -0.4 is 0 Å². The highest BCUT2D eigenvalue weighted by Crippen LogP contribution is 2.21. The molecule has 0 radical (unpaired) electrons. The first-order valence-electron chi connectivity index (χ1n) is 3.39. The number of phenols is 1. The second-order valence-corrected chi connectivity index (χ2v) is 2.47. The van der Waals surface area contributed by atoms with Crippen molar-refractivity contribution in [2.75, 3.05) is 0 Å². The standard InChI is InChI=1S/C8H6F2O3/c9-5-1-4(2-8(12)13)7(11)3-6(5)10/h1,3,11H,2H2,(H,12,13). The van der Waals surface area contributed by atoms with Crippen molar-refractivity contribution < 1.29 is 23.8 Å². The third kappa shape index (κ3) is 2.14. The van der Waals surface area contributed by atoms with Crippen LogP contribution in [-0.2, 0) is 11.2 Å². The summed E-state index contributed by atoms with van der Waals surface area (Å²) in [5.74, 6) is -4.15. The van der Waals surface area contributed by atoms with Crippen LogP contribution in [0.1, 0.15) is 5.56 Å². The minimum absolute atomic E-state index is 0.147. The summed E-state index contributed by atoms with van der Waals surface area (Å²) in [5, 5.41) is 17.3. The SMILES string of the molecule is O=C(O)Cc1cc(F)c(F)cc1O. The van der Waals surface area contributed by atoms with Crippen molar-refractivity contribution in [2.24, 2.45) is 0 Å². The van der Waals surface area contributed by atoms with E-state index in [0.717, 1.165) is 0 Å². The Hall–Kier alpha value is -1.65. The molecule has 3 nitrogen and oxygen atoms in total. The normalized spacial score (nSPS) is 10.0. The van der Waals surface area contributed by atoms with E-state index in [2.05, 4.69) is 0 Å². The number of hydrogen-bond donors (Lipinski definition) is 2. The fourth-order valence-electron chi connectivity index (χ4n) is 0.882. The molecule has 2 N–H and O–H groups in total. The monoisotopic (exact) mass is 188 g/mol. The van der Waals surface area contributed by atoms with Gasteiger partial charge in [-0.05, 0) is 6.07 Å². The highest BCUT2D eigenvalue weighted by atomic mass is 19.2. The maximum atomic E-state index is 12.5. The van der Waals surface area contributed by atoms with Crippen molar-refractivity contribution in [3.63, 3.8) is 0 Å². The van der Waals surface area contributed by atoms with E-state index in [1.807, 2.05) is 0 Å². The van der Waals surface area contributed by atoms with Crippen molar-refractivity contribution >= 4 is 5.97 Å². The summed E-state index contributed by atoms with van der Waals surface area (Å²) in [6.07, 6.45) is -0.539. The van der Waals surface area contributed by atoms with Crippen LogP contribution in [0.25, 0.3) is 0 Å². The van der Waals surface area contributed by atoms with Crippen molar-refractivity contribution in [1.82, 2.24) is 0 Å². The number of aliphatic carboxylic acids is 1. The number of phenolic OH excluding ortho intramolecular Hbond substituents is 1. The Labute approximate surface area is 72.2 Å². The number of carboxylic acids is 1. The van der Waals surface area contributed by atoms with Gasteiger partial charge in [0.25, 0.3) is 0 Å². The lowest BCUT2D eigenvalue weighted by Crippen LogP contribution is -2.01. The molecule has 0 unspecified atom stereocenters. The molecule has 1 aromatic rings. The summed E-state index contributed by atoms with van der Waals surface area (Å²) >= 11 is 0. The van der Waals surface area contributed by atoms with Crippen molar-refractivity contribution in [2.45, 2.75) is 6.42 Å². The van der Waals surface area contributed by atoms with Gasteiger partial charge in [0.05, 0.1) is 6.42 Å². The molecule has 5 heteroatoms. The van der Waals surface area contributed by atoms with Gasteiger partial charge in [0.15, 0.2) is 11.6 Å². The molecule has 0 aliphatic carbocycles. The Morgan fingerprint density at radius 1 is 1.31 bits per heavy atom. The number of carbonyl (C=O) groups is 1. The molecule has 0 saturated heterocycles. The van der Waals surface area contributed by atoms with Crippen LogP contribution >= 0.6 is 0 Å². The number of hydrogen-bond acceptors (Lipinski definition) is 2. The zero-order chi connectivity index (χ0) is 10.0. The van der Waals surface area contributed by atoms with Gasteiger partial charge in [0.1, 0.15) is 5.75 Å². The molecule has 0 amide bonds. The Bertz CT molecular complexity index is 349. The van der Waals surface area contributed by atoms with Crippen LogP contribution in [0, 0.1) is 11.6 Å². The van der Waals surface area contributed by atoms with Crippen LogP contribution in [0.4, 0.5) is 8.78 Å². The molecule has 0 aliphatic rings. The number of aromatic hydroxyl groups is 1. The second kappa shape index (κ2) is 3.38. The predicted octanol–water partition coefficient (Wildman–Crippen LogP) is 1.30. The molecular weight excluding hydrogens is 182 g/mol. The Morgan fingerprint density at radius 2 is 1.85 bits per heavy atom. The third-order valence-corrected chi connectivity index (χ3v) is 1.46. The fourth-order valence-corrected chi connectivity index (χ4v) is 0.882. The highest BCUT2D eigenvalue weighted by molar-refractivity contribution is 5.71. The average molecular weight is 188 g/mol. The Balaban J connectivity index is 3.08. The van der Waals surface area contributed by atoms with Gasteiger partial charge in [-0.15, -0.1) is 0 Å². The highest BCUT2D eigenvalue weighted by Gasteiger charge is 2.11. The number of halogens is 2. The van der Waals surface area contributed by atoms with Crippen molar-refractivity contribution in [3.05, 3.63) is 29.3 Å². The first-order chi connectivity index (χ1) is 6.00. The summed E-state index contributed by atoms with van der Waals surface area (Å²) in [5.41, 5.74) is -0.147. The van der Waals surface area contributed by atoms with Gasteiger partial charge in [0, 0.05) is 11.6 Å². The van der Waals surface area contributed by atoms with Gasteiger partial charge < -0.3 is 10.2 Å². The van der Waals surface area contributed by atoms with Crippen LogP contribution in [-0.4, -0.2) is 16.2 Å². The molecule has 0 saturated carbocycles. The van der Waals surface area contributed by atoms with Gasteiger partial charge in [-0.2, -0.15) is 0 Å². The van der Waals surface area contributed by atoms with Crippen molar-refractivity contribution in [3.8, 4) is 5.75 Å². The van der Waals surface area contributed by atoms with E-state index in [4.69, 9.17) is 10.2 Å². The summed E-state index contributed by atoms with van der Waals surface area (Å²) in [6.45, 7) is 0. The van der Waals surface area contributed by atoms with E-state index >= 15 is 0 Å². The summed E-state index contributed by atoms with van der Waals surface area (Å²) in [7, 11) is 0. The van der Waals surface area contributed by atoms with E-state index in [-0.39, 0.29) is 5.56 Å². The zero-order valence-electron chi connectivity index (χ0n) is 6.42. The lowest BCUT2D eigenvalue weighted by atomic mass is 10.1. The molecule has 70 valence electrons. The minimum Gasteiger partial charge on any atom is -0.508 e. The van der Waals surface area contributed by atoms with Gasteiger partial charge in [-0.3, -0.25) is 4.79 Å². The first kappa shape index (κ1) is 9.44. The predicted molar refractivity (Wildman–Crippen MR) is 39.4 cm³/mol. The van der Waals surface area contributed by atoms with Gasteiger partial charge in [-0.25, -0.2) is 8.78 Å². The van der Waals surface area contributed by atoms with E-state index in [1.54, 1.807) is 0 Å². The van der Waals surface area contributed by atoms with Gasteiger partial charge >= 0.3 is 5.97 Å². The summed E-state index contributed by atoms with van der Waals surface area (Å²) in [6, 6.07) is 1.21. The molecule has 0 heterocycles. The van der Waals surface area contributed by atoms with E-state index in [9.17, 15) is 13.6 Å². The quantitative estimate of drug-likeness (QED) is 0.735. The van der Waals surface area contributed by atoms with E-state index in [1.165, 1.54) is 0 Å². The Morgan fingerprint density at radius 3 is 2.38 bits per heavy atom. The topological polar surface area (TPSA) is 57.5 Å². The summed E-state index contributed by atoms with van der Waals surface area (Å²) in [4.78, 5) is 10.2. The van der Waals surface area contributed by atoms with Gasteiger partial charge in [-0.1, -0.05) is 0 Å². The first-order valence-corrected chi connectivity index (χ1v) is 3.39. The van der Waals surface area contributed by atoms with Crippen molar-refractivity contribution in [1.29, 1.82) is 0 Å². The Kier molecular flexibility index (Phi) is 2.46. The smallest absolute Gasteiger partial charge is 0.307 e. The zero-order valence-corrected chi connectivity index (χ0v) is 6.42. The molecule has 0 bridgehead atoms. The molecule has 1 aromatic carbocycles. The van der Waals surface area contributed by atoms with Gasteiger partial charge in [0.2, 0.25) is 0 Å². The van der Waals surface area contributed by atoms with E-state index in [0.29, 0.717) is 12.1 Å². The minimum atomic E-state index is -1.22. The molecule has 0 aliphatic heterocycles. The van der Waals surface area contributed by atoms with Crippen LogP contribution in [0.15, 0.2) is 12.1 Å². The maximum Gasteiger partial charge on any atom is 0.307 e. The maximum absolute atomic E-state index is 12.5. The third-order valence-electron chi connectivity index (χ3n) is 1.46. The van der Waals surface area contributed by atoms with Crippen LogP contribution in [0.5, 0.6) is 5.75 Å². The lowest BCUT2D eigenvalue weighted by Gasteiger charge is -2.01. The number of carboxylic acid groups (broad SMARTS) is 1. The number of rotatable bonds is 2. The lowest BCUT2D eigenvalue weighted by molar-refractivity contribution is -0.136. The fraction of sp³-hybridized carbons (Fsp3) is 0.125. The van der Waals surface area contributed by atoms with Crippen LogP contribution in [0.3, 0.4) is 0 Å². The summed E-state index contributed by atoms with van der Waals surface area (Å²) < 4.78 is 24.9. The largest absolute Gasteiger partial charge is 0.508 e.